The summed E-state index contributed by atoms with van der Waals surface area (Å²) in [6.45, 7) is 24.3. The smallest absolute Gasteiger partial charge is 0.0522 e. The molecule has 3 rings (SSSR count). The molecule has 1 aliphatic rings. The molecule has 2 aromatic carbocycles. The standard InChI is InChI=1S/C38H62N2O2/c1-35(2,3)29-17-27(19-31(21-29)37(7,8)25-41)23-39(11)33-15-13-14-16-34(33)40(12)24-28-18-30(36(4,5)6)22-32(20-28)38(9,10)26-42/h17-22,33-34,41-42H,13-16,23-26H2,1-12H3/t33-,34-/m1/s1. The predicted molar refractivity (Wildman–Crippen MR) is 179 cm³/mol. The van der Waals surface area contributed by atoms with E-state index in [0.717, 1.165) is 13.1 Å². The van der Waals surface area contributed by atoms with Crippen LogP contribution >= 0.6 is 0 Å². The van der Waals surface area contributed by atoms with Gasteiger partial charge in [0.1, 0.15) is 0 Å². The number of likely N-dealkylation sites (N-methyl/N-ethyl adjacent to an activating group) is 2. The largest absolute Gasteiger partial charge is 0.395 e. The molecular weight excluding hydrogens is 516 g/mol. The molecule has 0 radical (unpaired) electrons. The van der Waals surface area contributed by atoms with Crippen molar-refractivity contribution >= 4 is 0 Å². The van der Waals surface area contributed by atoms with Gasteiger partial charge in [0.05, 0.1) is 13.2 Å². The van der Waals surface area contributed by atoms with Crippen molar-refractivity contribution in [2.75, 3.05) is 27.3 Å². The van der Waals surface area contributed by atoms with Crippen molar-refractivity contribution in [2.24, 2.45) is 0 Å². The summed E-state index contributed by atoms with van der Waals surface area (Å²) in [5, 5.41) is 20.3. The Labute approximate surface area is 258 Å². The summed E-state index contributed by atoms with van der Waals surface area (Å²) in [6.07, 6.45) is 4.98. The first-order chi connectivity index (χ1) is 19.3. The van der Waals surface area contributed by atoms with Gasteiger partial charge in [-0.1, -0.05) is 118 Å². The van der Waals surface area contributed by atoms with Crippen LogP contribution in [-0.2, 0) is 34.7 Å². The van der Waals surface area contributed by atoms with Crippen LogP contribution in [0, 0.1) is 0 Å². The highest BCUT2D eigenvalue weighted by Gasteiger charge is 2.32. The number of aliphatic hydroxyl groups excluding tert-OH is 2. The molecule has 0 aromatic heterocycles. The second-order valence-corrected chi connectivity index (χ2v) is 16.7. The fourth-order valence-corrected chi connectivity index (χ4v) is 6.33. The average Bonchev–Trinajstić information content (AvgIpc) is 2.91. The molecule has 4 heteroatoms. The van der Waals surface area contributed by atoms with Crippen LogP contribution in [-0.4, -0.2) is 59.4 Å². The zero-order valence-corrected chi connectivity index (χ0v) is 29.1. The average molecular weight is 579 g/mol. The van der Waals surface area contributed by atoms with Crippen molar-refractivity contribution in [3.05, 3.63) is 69.8 Å². The number of benzene rings is 2. The van der Waals surface area contributed by atoms with E-state index in [1.807, 2.05) is 0 Å². The van der Waals surface area contributed by atoms with Gasteiger partial charge in [-0.3, -0.25) is 9.80 Å². The van der Waals surface area contributed by atoms with Crippen LogP contribution < -0.4 is 0 Å². The van der Waals surface area contributed by atoms with E-state index in [4.69, 9.17) is 0 Å². The summed E-state index contributed by atoms with van der Waals surface area (Å²) in [5.41, 5.74) is 7.34. The molecule has 1 fully saturated rings. The van der Waals surface area contributed by atoms with Crippen molar-refractivity contribution in [3.8, 4) is 0 Å². The molecule has 1 saturated carbocycles. The third kappa shape index (κ3) is 8.46. The first kappa shape index (κ1) is 34.8. The van der Waals surface area contributed by atoms with Crippen molar-refractivity contribution in [1.29, 1.82) is 0 Å². The van der Waals surface area contributed by atoms with Crippen molar-refractivity contribution < 1.29 is 10.2 Å². The van der Waals surface area contributed by atoms with Crippen molar-refractivity contribution in [1.82, 2.24) is 9.80 Å². The normalized spacial score (nSPS) is 19.1. The number of nitrogens with zero attached hydrogens (tertiary/aromatic N) is 2. The van der Waals surface area contributed by atoms with Gasteiger partial charge in [0.25, 0.3) is 0 Å². The van der Waals surface area contributed by atoms with Crippen LogP contribution in [0.15, 0.2) is 36.4 Å². The fourth-order valence-electron chi connectivity index (χ4n) is 6.33. The van der Waals surface area contributed by atoms with Crippen molar-refractivity contribution in [2.45, 2.75) is 142 Å². The number of hydrogen-bond acceptors (Lipinski definition) is 4. The van der Waals surface area contributed by atoms with Crippen molar-refractivity contribution in [3.63, 3.8) is 0 Å². The fraction of sp³-hybridized carbons (Fsp3) is 0.684. The molecule has 0 heterocycles. The van der Waals surface area contributed by atoms with Gasteiger partial charge in [-0.25, -0.2) is 0 Å². The monoisotopic (exact) mass is 578 g/mol. The molecule has 0 aliphatic heterocycles. The molecule has 1 aliphatic carbocycles. The summed E-state index contributed by atoms with van der Waals surface area (Å²) in [6, 6.07) is 15.0. The molecule has 236 valence electrons. The Morgan fingerprint density at radius 1 is 0.548 bits per heavy atom. The van der Waals surface area contributed by atoms with Crippen LogP contribution in [0.3, 0.4) is 0 Å². The molecule has 0 spiro atoms. The minimum atomic E-state index is -0.271. The lowest BCUT2D eigenvalue weighted by molar-refractivity contribution is 0.0692. The topological polar surface area (TPSA) is 46.9 Å². The number of hydrogen-bond donors (Lipinski definition) is 2. The molecule has 2 atom stereocenters. The van der Waals surface area contributed by atoms with E-state index in [9.17, 15) is 10.2 Å². The highest BCUT2D eigenvalue weighted by molar-refractivity contribution is 5.39. The molecule has 2 N–H and O–H groups in total. The Morgan fingerprint density at radius 3 is 1.14 bits per heavy atom. The van der Waals surface area contributed by atoms with E-state index in [1.165, 1.54) is 59.1 Å². The highest BCUT2D eigenvalue weighted by Crippen LogP contribution is 2.34. The number of aliphatic hydroxyl groups is 2. The van der Waals surface area contributed by atoms with Crippen LogP contribution in [0.1, 0.15) is 128 Å². The van der Waals surface area contributed by atoms with Crippen LogP contribution in [0.25, 0.3) is 0 Å². The zero-order valence-electron chi connectivity index (χ0n) is 29.1. The highest BCUT2D eigenvalue weighted by atomic mass is 16.3. The Hall–Kier alpha value is -1.72. The van der Waals surface area contributed by atoms with E-state index in [1.54, 1.807) is 0 Å². The maximum atomic E-state index is 10.1. The lowest BCUT2D eigenvalue weighted by Crippen LogP contribution is -2.50. The molecule has 0 saturated heterocycles. The predicted octanol–water partition coefficient (Wildman–Crippen LogP) is 7.70. The number of rotatable bonds is 10. The second-order valence-electron chi connectivity index (χ2n) is 16.7. The van der Waals surface area contributed by atoms with E-state index >= 15 is 0 Å². The first-order valence-corrected chi connectivity index (χ1v) is 16.2. The lowest BCUT2D eigenvalue weighted by Gasteiger charge is -2.43. The van der Waals surface area contributed by atoms with Crippen LogP contribution in [0.4, 0.5) is 0 Å². The third-order valence-corrected chi connectivity index (χ3v) is 9.76. The Balaban J connectivity index is 1.89. The Morgan fingerprint density at radius 2 is 0.857 bits per heavy atom. The van der Waals surface area contributed by atoms with Gasteiger partial charge in [-0.05, 0) is 71.1 Å². The SMILES string of the molecule is CN(Cc1cc(C(C)(C)C)cc(C(C)(C)CO)c1)[C@@H]1CCCC[C@H]1N(C)Cc1cc(C(C)(C)C)cc(C(C)(C)CO)c1. The third-order valence-electron chi connectivity index (χ3n) is 9.76. The first-order valence-electron chi connectivity index (χ1n) is 16.2. The molecule has 0 unspecified atom stereocenters. The molecule has 0 amide bonds. The summed E-state index contributed by atoms with van der Waals surface area (Å²) in [7, 11) is 4.61. The minimum absolute atomic E-state index is 0.0491. The van der Waals surface area contributed by atoms with Gasteiger partial charge in [-0.15, -0.1) is 0 Å². The molecule has 0 bridgehead atoms. The van der Waals surface area contributed by atoms with Crippen LogP contribution in [0.2, 0.25) is 0 Å². The Bertz CT molecular complexity index is 1090. The van der Waals surface area contributed by atoms with Gasteiger partial charge in [-0.2, -0.15) is 0 Å². The van der Waals surface area contributed by atoms with Crippen LogP contribution in [0.5, 0.6) is 0 Å². The minimum Gasteiger partial charge on any atom is -0.395 e. The molecule has 4 nitrogen and oxygen atoms in total. The summed E-state index contributed by atoms with van der Waals surface area (Å²) >= 11 is 0. The molecular formula is C38H62N2O2. The molecule has 42 heavy (non-hydrogen) atoms. The maximum Gasteiger partial charge on any atom is 0.0522 e. The van der Waals surface area contributed by atoms with E-state index in [-0.39, 0.29) is 34.9 Å². The maximum absolute atomic E-state index is 10.1. The lowest BCUT2D eigenvalue weighted by atomic mass is 9.78. The van der Waals surface area contributed by atoms with Gasteiger partial charge in [0.2, 0.25) is 0 Å². The molecule has 2 aromatic rings. The van der Waals surface area contributed by atoms with E-state index in [2.05, 4.69) is 130 Å². The second kappa shape index (κ2) is 13.1. The quantitative estimate of drug-likeness (QED) is 0.303. The Kier molecular flexibility index (Phi) is 10.8. The summed E-state index contributed by atoms with van der Waals surface area (Å²) in [4.78, 5) is 5.17. The van der Waals surface area contributed by atoms with E-state index in [0.29, 0.717) is 12.1 Å². The van der Waals surface area contributed by atoms with Gasteiger partial charge in [0, 0.05) is 36.0 Å². The summed E-state index contributed by atoms with van der Waals surface area (Å²) < 4.78 is 0. The van der Waals surface area contributed by atoms with Gasteiger partial charge in [0.15, 0.2) is 0 Å². The van der Waals surface area contributed by atoms with E-state index < -0.39 is 0 Å². The van der Waals surface area contributed by atoms with Gasteiger partial charge < -0.3 is 10.2 Å². The zero-order chi connectivity index (χ0) is 31.7. The summed E-state index contributed by atoms with van der Waals surface area (Å²) in [5.74, 6) is 0. The van der Waals surface area contributed by atoms with Gasteiger partial charge >= 0.3 is 0 Å².